The molecule has 1 aromatic heterocycles. The van der Waals surface area contributed by atoms with Crippen molar-refractivity contribution in [1.82, 2.24) is 4.98 Å². The van der Waals surface area contributed by atoms with Crippen molar-refractivity contribution in [3.8, 4) is 0 Å². The molecule has 18 heavy (non-hydrogen) atoms. The molecule has 0 spiro atoms. The summed E-state index contributed by atoms with van der Waals surface area (Å²) in [5, 5.41) is 11.7. The number of ether oxygens (including phenoxy) is 1. The van der Waals surface area contributed by atoms with Crippen LogP contribution in [0.3, 0.4) is 0 Å². The molecule has 0 aromatic carbocycles. The van der Waals surface area contributed by atoms with Crippen LogP contribution in [0.1, 0.15) is 23.7 Å². The van der Waals surface area contributed by atoms with Gasteiger partial charge in [0.25, 0.3) is 0 Å². The quantitative estimate of drug-likeness (QED) is 0.744. The molecule has 0 aliphatic rings. The van der Waals surface area contributed by atoms with Crippen LogP contribution in [-0.2, 0) is 9.53 Å². The van der Waals surface area contributed by atoms with Gasteiger partial charge < -0.3 is 15.2 Å². The number of carboxylic acid groups (broad SMARTS) is 1. The van der Waals surface area contributed by atoms with Crippen LogP contribution in [0.4, 0.5) is 5.82 Å². The third-order valence-electron chi connectivity index (χ3n) is 2.49. The Morgan fingerprint density at radius 1 is 1.56 bits per heavy atom. The van der Waals surface area contributed by atoms with Crippen LogP contribution in [-0.4, -0.2) is 35.7 Å². The third kappa shape index (κ3) is 4.04. The van der Waals surface area contributed by atoms with E-state index in [1.165, 1.54) is 13.3 Å². The third-order valence-corrected chi connectivity index (χ3v) is 2.49. The summed E-state index contributed by atoms with van der Waals surface area (Å²) in [7, 11) is 1.31. The van der Waals surface area contributed by atoms with Crippen LogP contribution < -0.4 is 5.32 Å². The van der Waals surface area contributed by atoms with Crippen molar-refractivity contribution in [2.45, 2.75) is 13.3 Å². The van der Waals surface area contributed by atoms with E-state index in [0.29, 0.717) is 24.3 Å². The normalized spacial score (nSPS) is 11.7. The van der Waals surface area contributed by atoms with E-state index in [2.05, 4.69) is 15.0 Å². The number of esters is 1. The van der Waals surface area contributed by atoms with Gasteiger partial charge in [-0.25, -0.2) is 9.78 Å². The number of methoxy groups -OCH3 is 1. The fourth-order valence-corrected chi connectivity index (χ4v) is 1.31. The molecular formula is C12H16N2O4. The first kappa shape index (κ1) is 14.0. The number of aromatic nitrogens is 1. The minimum atomic E-state index is -0.826. The Morgan fingerprint density at radius 3 is 2.89 bits per heavy atom. The average molecular weight is 252 g/mol. The Hall–Kier alpha value is -2.11. The zero-order valence-corrected chi connectivity index (χ0v) is 10.3. The van der Waals surface area contributed by atoms with E-state index in [-0.39, 0.29) is 0 Å². The molecule has 1 aromatic rings. The smallest absolute Gasteiger partial charge is 0.338 e. The number of carbonyl (C=O) groups is 2. The molecule has 2 N–H and O–H groups in total. The number of nitrogens with zero attached hydrogens (tertiary/aromatic N) is 1. The van der Waals surface area contributed by atoms with E-state index < -0.39 is 17.9 Å². The molecule has 0 amide bonds. The fraction of sp³-hybridized carbons (Fsp3) is 0.417. The predicted molar refractivity (Wildman–Crippen MR) is 65.5 cm³/mol. The number of rotatable bonds is 6. The first-order valence-corrected chi connectivity index (χ1v) is 5.55. The highest BCUT2D eigenvalue weighted by Crippen LogP contribution is 2.09. The standard InChI is InChI=1S/C12H16N2O4/c1-8(11(15)16)3-5-13-10-7-9(4-6-14-10)12(17)18-2/h4,6-8H,3,5H2,1-2H3,(H,13,14)(H,15,16). The molecule has 0 fully saturated rings. The highest BCUT2D eigenvalue weighted by atomic mass is 16.5. The lowest BCUT2D eigenvalue weighted by atomic mass is 10.1. The molecule has 1 rings (SSSR count). The Kier molecular flexibility index (Phi) is 5.10. The molecule has 1 heterocycles. The van der Waals surface area contributed by atoms with Gasteiger partial charge in [0.2, 0.25) is 0 Å². The van der Waals surface area contributed by atoms with Gasteiger partial charge in [-0.3, -0.25) is 4.79 Å². The van der Waals surface area contributed by atoms with E-state index in [0.717, 1.165) is 0 Å². The predicted octanol–water partition coefficient (Wildman–Crippen LogP) is 1.39. The molecule has 98 valence electrons. The number of anilines is 1. The number of hydrogen-bond donors (Lipinski definition) is 2. The van der Waals surface area contributed by atoms with Gasteiger partial charge in [0.1, 0.15) is 5.82 Å². The molecule has 6 heteroatoms. The number of carbonyl (C=O) groups excluding carboxylic acids is 1. The van der Waals surface area contributed by atoms with Crippen LogP contribution in [0.15, 0.2) is 18.3 Å². The van der Waals surface area contributed by atoms with Gasteiger partial charge >= 0.3 is 11.9 Å². The summed E-state index contributed by atoms with van der Waals surface area (Å²) in [5.74, 6) is -1.15. The molecule has 0 saturated heterocycles. The summed E-state index contributed by atoms with van der Waals surface area (Å²) in [6, 6.07) is 3.12. The first-order chi connectivity index (χ1) is 8.54. The maximum atomic E-state index is 11.3. The zero-order chi connectivity index (χ0) is 13.5. The SMILES string of the molecule is COC(=O)c1ccnc(NCCC(C)C(=O)O)c1. The van der Waals surface area contributed by atoms with Crippen molar-refractivity contribution >= 4 is 17.8 Å². The molecule has 1 atom stereocenters. The summed E-state index contributed by atoms with van der Waals surface area (Å²) in [5.41, 5.74) is 0.404. The minimum absolute atomic E-state index is 0.404. The Labute approximate surface area is 105 Å². The molecule has 6 nitrogen and oxygen atoms in total. The van der Waals surface area contributed by atoms with Crippen LogP contribution >= 0.6 is 0 Å². The van der Waals surface area contributed by atoms with Gasteiger partial charge in [-0.05, 0) is 18.6 Å². The van der Waals surface area contributed by atoms with Crippen molar-refractivity contribution in [1.29, 1.82) is 0 Å². The average Bonchev–Trinajstić information content (AvgIpc) is 2.37. The lowest BCUT2D eigenvalue weighted by Gasteiger charge is -2.08. The molecule has 0 aliphatic heterocycles. The molecule has 1 unspecified atom stereocenters. The summed E-state index contributed by atoms with van der Waals surface area (Å²) in [4.78, 5) is 25.9. The second kappa shape index (κ2) is 6.58. The fourth-order valence-electron chi connectivity index (χ4n) is 1.31. The van der Waals surface area contributed by atoms with E-state index >= 15 is 0 Å². The van der Waals surface area contributed by atoms with Crippen molar-refractivity contribution < 1.29 is 19.4 Å². The summed E-state index contributed by atoms with van der Waals surface area (Å²) < 4.78 is 4.59. The highest BCUT2D eigenvalue weighted by Gasteiger charge is 2.10. The van der Waals surface area contributed by atoms with Crippen LogP contribution in [0.5, 0.6) is 0 Å². The van der Waals surface area contributed by atoms with E-state index in [9.17, 15) is 9.59 Å². The van der Waals surface area contributed by atoms with Gasteiger partial charge in [0.15, 0.2) is 0 Å². The van der Waals surface area contributed by atoms with Gasteiger partial charge in [-0.15, -0.1) is 0 Å². The maximum Gasteiger partial charge on any atom is 0.338 e. The number of carboxylic acids is 1. The van der Waals surface area contributed by atoms with Gasteiger partial charge in [0.05, 0.1) is 18.6 Å². The van der Waals surface area contributed by atoms with Crippen molar-refractivity contribution in [2.24, 2.45) is 5.92 Å². The van der Waals surface area contributed by atoms with E-state index in [1.54, 1.807) is 19.1 Å². The Morgan fingerprint density at radius 2 is 2.28 bits per heavy atom. The van der Waals surface area contributed by atoms with Crippen molar-refractivity contribution in [2.75, 3.05) is 19.0 Å². The van der Waals surface area contributed by atoms with Crippen molar-refractivity contribution in [3.05, 3.63) is 23.9 Å². The summed E-state index contributed by atoms with van der Waals surface area (Å²) >= 11 is 0. The maximum absolute atomic E-state index is 11.3. The minimum Gasteiger partial charge on any atom is -0.481 e. The monoisotopic (exact) mass is 252 g/mol. The van der Waals surface area contributed by atoms with Gasteiger partial charge in [-0.1, -0.05) is 6.92 Å². The molecule has 0 bridgehead atoms. The van der Waals surface area contributed by atoms with Crippen LogP contribution in [0.2, 0.25) is 0 Å². The molecule has 0 aliphatic carbocycles. The highest BCUT2D eigenvalue weighted by molar-refractivity contribution is 5.89. The summed E-state index contributed by atoms with van der Waals surface area (Å²) in [6.07, 6.45) is 1.98. The number of hydrogen-bond acceptors (Lipinski definition) is 5. The number of nitrogens with one attached hydrogen (secondary N) is 1. The van der Waals surface area contributed by atoms with Crippen molar-refractivity contribution in [3.63, 3.8) is 0 Å². The second-order valence-electron chi connectivity index (χ2n) is 3.88. The van der Waals surface area contributed by atoms with Crippen LogP contribution in [0.25, 0.3) is 0 Å². The Bertz CT molecular complexity index is 434. The van der Waals surface area contributed by atoms with Gasteiger partial charge in [-0.2, -0.15) is 0 Å². The van der Waals surface area contributed by atoms with Gasteiger partial charge in [0, 0.05) is 12.7 Å². The number of pyridine rings is 1. The first-order valence-electron chi connectivity index (χ1n) is 5.55. The molecular weight excluding hydrogens is 236 g/mol. The molecule has 0 saturated carbocycles. The second-order valence-corrected chi connectivity index (χ2v) is 3.88. The Balaban J connectivity index is 2.53. The molecule has 0 radical (unpaired) electrons. The lowest BCUT2D eigenvalue weighted by Crippen LogP contribution is -2.15. The summed E-state index contributed by atoms with van der Waals surface area (Å²) in [6.45, 7) is 2.12. The lowest BCUT2D eigenvalue weighted by molar-refractivity contribution is -0.141. The topological polar surface area (TPSA) is 88.5 Å². The van der Waals surface area contributed by atoms with E-state index in [1.807, 2.05) is 0 Å². The van der Waals surface area contributed by atoms with Crippen LogP contribution in [0, 0.1) is 5.92 Å². The van der Waals surface area contributed by atoms with E-state index in [4.69, 9.17) is 5.11 Å². The number of aliphatic carboxylic acids is 1. The largest absolute Gasteiger partial charge is 0.481 e. The zero-order valence-electron chi connectivity index (χ0n) is 10.3.